The second-order valence-corrected chi connectivity index (χ2v) is 6.48. The maximum Gasteiger partial charge on any atom is 0.317 e. The highest BCUT2D eigenvalue weighted by molar-refractivity contribution is 5.74. The van der Waals surface area contributed by atoms with Gasteiger partial charge in [0.2, 0.25) is 0 Å². The Hall–Kier alpha value is -2.89. The van der Waals surface area contributed by atoms with Crippen LogP contribution in [0, 0.1) is 0 Å². The average molecular weight is 370 g/mol. The molecule has 0 aromatic heterocycles. The maximum absolute atomic E-state index is 12.5. The quantitative estimate of drug-likeness (QED) is 0.849. The first-order valence-corrected chi connectivity index (χ1v) is 9.04. The minimum Gasteiger partial charge on any atom is -0.497 e. The van der Waals surface area contributed by atoms with Crippen LogP contribution in [0.15, 0.2) is 36.4 Å². The lowest BCUT2D eigenvalue weighted by atomic mass is 9.99. The van der Waals surface area contributed by atoms with Crippen LogP contribution in [-0.2, 0) is 19.4 Å². The number of nitrogens with one attached hydrogen (secondary N) is 1. The fraction of sp³-hybridized carbons (Fsp3) is 0.381. The summed E-state index contributed by atoms with van der Waals surface area (Å²) in [6.45, 7) is 1.84. The highest BCUT2D eigenvalue weighted by Crippen LogP contribution is 2.33. The molecular formula is C21H26N2O4. The summed E-state index contributed by atoms with van der Waals surface area (Å²) >= 11 is 0. The molecule has 0 saturated heterocycles. The lowest BCUT2D eigenvalue weighted by molar-refractivity contribution is 0.192. The van der Waals surface area contributed by atoms with Crippen LogP contribution in [0.2, 0.25) is 0 Å². The van der Waals surface area contributed by atoms with E-state index >= 15 is 0 Å². The van der Waals surface area contributed by atoms with Crippen molar-refractivity contribution in [2.45, 2.75) is 19.4 Å². The molecule has 1 N–H and O–H groups in total. The molecule has 6 heteroatoms. The summed E-state index contributed by atoms with van der Waals surface area (Å²) in [5, 5.41) is 3.01. The van der Waals surface area contributed by atoms with Crippen molar-refractivity contribution in [3.8, 4) is 17.2 Å². The Labute approximate surface area is 160 Å². The molecule has 2 aromatic rings. The van der Waals surface area contributed by atoms with Crippen LogP contribution in [0.3, 0.4) is 0 Å². The van der Waals surface area contributed by atoms with Crippen LogP contribution >= 0.6 is 0 Å². The minimum absolute atomic E-state index is 0.0432. The number of carbonyl (C=O) groups is 1. The van der Waals surface area contributed by atoms with Crippen LogP contribution in [0.1, 0.15) is 16.7 Å². The third-order valence-corrected chi connectivity index (χ3v) is 4.83. The van der Waals surface area contributed by atoms with Gasteiger partial charge in [-0.1, -0.05) is 12.1 Å². The summed E-state index contributed by atoms with van der Waals surface area (Å²) < 4.78 is 16.0. The molecule has 0 spiro atoms. The standard InChI is InChI=1S/C21H26N2O4/c1-25-18-6-4-5-15(11-18)7-9-22-21(24)23-10-8-16-12-19(26-2)20(27-3)13-17(16)14-23/h4-6,11-13H,7-10,14H2,1-3H3,(H,22,24). The summed E-state index contributed by atoms with van der Waals surface area (Å²) in [5.41, 5.74) is 3.44. The molecule has 144 valence electrons. The van der Waals surface area contributed by atoms with Gasteiger partial charge < -0.3 is 24.4 Å². The lowest BCUT2D eigenvalue weighted by Crippen LogP contribution is -2.43. The number of amides is 2. The Morgan fingerprint density at radius 2 is 1.78 bits per heavy atom. The number of ether oxygens (including phenoxy) is 3. The molecule has 1 aliphatic heterocycles. The van der Waals surface area contributed by atoms with Crippen LogP contribution in [0.4, 0.5) is 4.79 Å². The summed E-state index contributed by atoms with van der Waals surface area (Å²) in [5.74, 6) is 2.25. The Morgan fingerprint density at radius 1 is 1.04 bits per heavy atom. The Morgan fingerprint density at radius 3 is 2.48 bits per heavy atom. The number of fused-ring (bicyclic) bond motifs is 1. The third-order valence-electron chi connectivity index (χ3n) is 4.83. The minimum atomic E-state index is -0.0432. The van der Waals surface area contributed by atoms with Gasteiger partial charge in [-0.3, -0.25) is 0 Å². The summed E-state index contributed by atoms with van der Waals surface area (Å²) in [7, 11) is 4.91. The molecule has 1 aliphatic rings. The number of methoxy groups -OCH3 is 3. The number of nitrogens with zero attached hydrogens (tertiary/aromatic N) is 1. The molecule has 2 aromatic carbocycles. The van der Waals surface area contributed by atoms with Crippen molar-refractivity contribution < 1.29 is 19.0 Å². The Balaban J connectivity index is 1.57. The van der Waals surface area contributed by atoms with E-state index in [2.05, 4.69) is 5.32 Å². The molecule has 2 amide bonds. The molecule has 3 rings (SSSR count). The van der Waals surface area contributed by atoms with Crippen LogP contribution < -0.4 is 19.5 Å². The van der Waals surface area contributed by atoms with Crippen molar-refractivity contribution in [1.82, 2.24) is 10.2 Å². The molecule has 0 radical (unpaired) electrons. The highest BCUT2D eigenvalue weighted by atomic mass is 16.5. The molecule has 0 fully saturated rings. The van der Waals surface area contributed by atoms with Crippen LogP contribution in [0.5, 0.6) is 17.2 Å². The number of hydrogen-bond acceptors (Lipinski definition) is 4. The molecule has 27 heavy (non-hydrogen) atoms. The van der Waals surface area contributed by atoms with Crippen LogP contribution in [0.25, 0.3) is 0 Å². The maximum atomic E-state index is 12.5. The number of urea groups is 1. The number of hydrogen-bond donors (Lipinski definition) is 1. The van der Waals surface area contributed by atoms with Crippen molar-refractivity contribution in [3.63, 3.8) is 0 Å². The molecule has 6 nitrogen and oxygen atoms in total. The molecule has 1 heterocycles. The van der Waals surface area contributed by atoms with E-state index in [0.717, 1.165) is 35.5 Å². The molecule has 0 bridgehead atoms. The van der Waals surface area contributed by atoms with Gasteiger partial charge in [0.15, 0.2) is 11.5 Å². The second-order valence-electron chi connectivity index (χ2n) is 6.48. The van der Waals surface area contributed by atoms with Crippen molar-refractivity contribution >= 4 is 6.03 Å². The summed E-state index contributed by atoms with van der Waals surface area (Å²) in [6, 6.07) is 11.8. The van der Waals surface area contributed by atoms with Gasteiger partial charge in [-0.05, 0) is 53.8 Å². The molecule has 0 saturated carbocycles. The topological polar surface area (TPSA) is 60.0 Å². The van der Waals surface area contributed by atoms with Crippen molar-refractivity contribution in [3.05, 3.63) is 53.1 Å². The van der Waals surface area contributed by atoms with E-state index in [0.29, 0.717) is 25.4 Å². The molecular weight excluding hydrogens is 344 g/mol. The van der Waals surface area contributed by atoms with E-state index in [1.165, 1.54) is 5.56 Å². The van der Waals surface area contributed by atoms with Gasteiger partial charge in [0.25, 0.3) is 0 Å². The van der Waals surface area contributed by atoms with Gasteiger partial charge in [0.05, 0.1) is 21.3 Å². The van der Waals surface area contributed by atoms with E-state index in [1.54, 1.807) is 21.3 Å². The zero-order valence-corrected chi connectivity index (χ0v) is 16.1. The fourth-order valence-corrected chi connectivity index (χ4v) is 3.31. The zero-order valence-electron chi connectivity index (χ0n) is 16.1. The predicted octanol–water partition coefficient (Wildman–Crippen LogP) is 3.02. The fourth-order valence-electron chi connectivity index (χ4n) is 3.31. The van der Waals surface area contributed by atoms with E-state index in [-0.39, 0.29) is 6.03 Å². The summed E-state index contributed by atoms with van der Waals surface area (Å²) in [6.07, 6.45) is 1.57. The van der Waals surface area contributed by atoms with Gasteiger partial charge in [0, 0.05) is 19.6 Å². The zero-order chi connectivity index (χ0) is 19.2. The first-order valence-electron chi connectivity index (χ1n) is 9.04. The van der Waals surface area contributed by atoms with Crippen molar-refractivity contribution in [2.24, 2.45) is 0 Å². The summed E-state index contributed by atoms with van der Waals surface area (Å²) in [4.78, 5) is 14.4. The molecule has 0 atom stereocenters. The average Bonchev–Trinajstić information content (AvgIpc) is 2.72. The highest BCUT2D eigenvalue weighted by Gasteiger charge is 2.22. The normalized spacial score (nSPS) is 12.9. The Kier molecular flexibility index (Phi) is 6.06. The molecule has 0 aliphatic carbocycles. The van der Waals surface area contributed by atoms with E-state index in [4.69, 9.17) is 14.2 Å². The van der Waals surface area contributed by atoms with Gasteiger partial charge in [-0.2, -0.15) is 0 Å². The van der Waals surface area contributed by atoms with Crippen molar-refractivity contribution in [2.75, 3.05) is 34.4 Å². The predicted molar refractivity (Wildman–Crippen MR) is 104 cm³/mol. The second kappa shape index (κ2) is 8.66. The smallest absolute Gasteiger partial charge is 0.317 e. The largest absolute Gasteiger partial charge is 0.497 e. The van der Waals surface area contributed by atoms with E-state index in [1.807, 2.05) is 41.3 Å². The molecule has 0 unspecified atom stereocenters. The van der Waals surface area contributed by atoms with E-state index < -0.39 is 0 Å². The first-order chi connectivity index (χ1) is 13.1. The number of carbonyl (C=O) groups excluding carboxylic acids is 1. The monoisotopic (exact) mass is 370 g/mol. The Bertz CT molecular complexity index is 807. The van der Waals surface area contributed by atoms with Gasteiger partial charge >= 0.3 is 6.03 Å². The van der Waals surface area contributed by atoms with Gasteiger partial charge in [0.1, 0.15) is 5.75 Å². The SMILES string of the molecule is COc1cccc(CCNC(=O)N2CCc3cc(OC)c(OC)cc3C2)c1. The number of benzene rings is 2. The van der Waals surface area contributed by atoms with Gasteiger partial charge in [-0.15, -0.1) is 0 Å². The van der Waals surface area contributed by atoms with Crippen LogP contribution in [-0.4, -0.2) is 45.3 Å². The van der Waals surface area contributed by atoms with E-state index in [9.17, 15) is 4.79 Å². The first kappa shape index (κ1) is 18.9. The van der Waals surface area contributed by atoms with Crippen molar-refractivity contribution in [1.29, 1.82) is 0 Å². The number of rotatable bonds is 6. The van der Waals surface area contributed by atoms with Gasteiger partial charge in [-0.25, -0.2) is 4.79 Å². The third kappa shape index (κ3) is 4.45. The lowest BCUT2D eigenvalue weighted by Gasteiger charge is -2.29.